The first-order chi connectivity index (χ1) is 6.57. The second-order valence-electron chi connectivity index (χ2n) is 6.26. The van der Waals surface area contributed by atoms with Gasteiger partial charge < -0.3 is 4.90 Å². The fourth-order valence-corrected chi connectivity index (χ4v) is 3.01. The summed E-state index contributed by atoms with van der Waals surface area (Å²) in [6.45, 7) is 9.97. The normalized spacial score (nSPS) is 35.4. The summed E-state index contributed by atoms with van der Waals surface area (Å²) >= 11 is 0. The molecule has 2 fully saturated rings. The van der Waals surface area contributed by atoms with E-state index < -0.39 is 0 Å². The molecule has 1 aliphatic carbocycles. The first-order valence-electron chi connectivity index (χ1n) is 6.31. The molecule has 1 saturated carbocycles. The van der Waals surface area contributed by atoms with Gasteiger partial charge in [-0.15, -0.1) is 0 Å². The molecular formula is C13H25N. The Morgan fingerprint density at radius 2 is 1.50 bits per heavy atom. The van der Waals surface area contributed by atoms with Crippen molar-refractivity contribution >= 4 is 0 Å². The van der Waals surface area contributed by atoms with E-state index in [-0.39, 0.29) is 0 Å². The van der Waals surface area contributed by atoms with Gasteiger partial charge in [-0.1, -0.05) is 20.8 Å². The lowest BCUT2D eigenvalue weighted by Crippen LogP contribution is -2.47. The first-order valence-corrected chi connectivity index (χ1v) is 6.31. The van der Waals surface area contributed by atoms with Crippen molar-refractivity contribution in [3.05, 3.63) is 0 Å². The van der Waals surface area contributed by atoms with E-state index >= 15 is 0 Å². The van der Waals surface area contributed by atoms with E-state index in [4.69, 9.17) is 0 Å². The van der Waals surface area contributed by atoms with E-state index in [1.807, 2.05) is 0 Å². The monoisotopic (exact) mass is 195 g/mol. The van der Waals surface area contributed by atoms with Gasteiger partial charge in [0.2, 0.25) is 0 Å². The molecule has 0 bridgehead atoms. The maximum absolute atomic E-state index is 2.69. The maximum atomic E-state index is 2.69. The standard InChI is InChI=1S/C13H25N/c1-13(2,3)11-5-7-12(8-6-11)14-9-4-10-14/h11-12H,4-10H2,1-3H3. The number of nitrogens with zero attached hydrogens (tertiary/aromatic N) is 1. The van der Waals surface area contributed by atoms with Crippen LogP contribution in [0.5, 0.6) is 0 Å². The van der Waals surface area contributed by atoms with Gasteiger partial charge in [-0.25, -0.2) is 0 Å². The minimum Gasteiger partial charge on any atom is -0.300 e. The Bertz CT molecular complexity index is 180. The van der Waals surface area contributed by atoms with Gasteiger partial charge in [-0.05, 0) is 56.5 Å². The summed E-state index contributed by atoms with van der Waals surface area (Å²) in [5.41, 5.74) is 0.542. The number of rotatable bonds is 1. The molecule has 0 N–H and O–H groups in total. The summed E-state index contributed by atoms with van der Waals surface area (Å²) in [7, 11) is 0. The Morgan fingerprint density at radius 3 is 1.86 bits per heavy atom. The molecule has 82 valence electrons. The van der Waals surface area contributed by atoms with Gasteiger partial charge >= 0.3 is 0 Å². The molecule has 0 atom stereocenters. The third-order valence-electron chi connectivity index (χ3n) is 4.33. The number of likely N-dealkylation sites (tertiary alicyclic amines) is 1. The lowest BCUT2D eigenvalue weighted by molar-refractivity contribution is 0.0571. The van der Waals surface area contributed by atoms with E-state index in [9.17, 15) is 0 Å². The molecule has 14 heavy (non-hydrogen) atoms. The van der Waals surface area contributed by atoms with Crippen LogP contribution in [0, 0.1) is 11.3 Å². The number of hydrogen-bond donors (Lipinski definition) is 0. The van der Waals surface area contributed by atoms with Gasteiger partial charge in [-0.2, -0.15) is 0 Å². The van der Waals surface area contributed by atoms with Crippen LogP contribution < -0.4 is 0 Å². The van der Waals surface area contributed by atoms with E-state index in [0.29, 0.717) is 5.41 Å². The molecule has 1 aliphatic heterocycles. The predicted molar refractivity (Wildman–Crippen MR) is 61.4 cm³/mol. The zero-order valence-corrected chi connectivity index (χ0v) is 10.1. The Labute approximate surface area is 88.9 Å². The average Bonchev–Trinajstić information content (AvgIpc) is 2.00. The molecule has 0 aromatic heterocycles. The van der Waals surface area contributed by atoms with Gasteiger partial charge in [-0.3, -0.25) is 0 Å². The first kappa shape index (κ1) is 10.5. The molecule has 0 amide bonds. The maximum Gasteiger partial charge on any atom is 0.00954 e. The Balaban J connectivity index is 1.80. The van der Waals surface area contributed by atoms with Crippen molar-refractivity contribution in [2.75, 3.05) is 13.1 Å². The van der Waals surface area contributed by atoms with Crippen LogP contribution in [0.2, 0.25) is 0 Å². The van der Waals surface area contributed by atoms with Crippen LogP contribution in [0.3, 0.4) is 0 Å². The van der Waals surface area contributed by atoms with E-state index in [1.165, 1.54) is 45.2 Å². The van der Waals surface area contributed by atoms with Crippen LogP contribution in [0.15, 0.2) is 0 Å². The number of hydrogen-bond acceptors (Lipinski definition) is 1. The van der Waals surface area contributed by atoms with Crippen LogP contribution in [-0.2, 0) is 0 Å². The molecule has 1 nitrogen and oxygen atoms in total. The molecule has 2 aliphatic rings. The molecule has 2 rings (SSSR count). The molecule has 0 spiro atoms. The molecule has 1 heteroatoms. The average molecular weight is 195 g/mol. The highest BCUT2D eigenvalue weighted by molar-refractivity contribution is 4.86. The highest BCUT2D eigenvalue weighted by atomic mass is 15.2. The van der Waals surface area contributed by atoms with Gasteiger partial charge in [0.1, 0.15) is 0 Å². The van der Waals surface area contributed by atoms with Crippen molar-refractivity contribution in [2.45, 2.75) is 58.9 Å². The molecule has 0 aromatic carbocycles. The fourth-order valence-electron chi connectivity index (χ4n) is 3.01. The summed E-state index contributed by atoms with van der Waals surface area (Å²) in [6.07, 6.45) is 7.29. The molecule has 0 radical (unpaired) electrons. The minimum atomic E-state index is 0.542. The van der Waals surface area contributed by atoms with Gasteiger partial charge in [0.25, 0.3) is 0 Å². The summed E-state index contributed by atoms with van der Waals surface area (Å²) in [5, 5.41) is 0. The van der Waals surface area contributed by atoms with Crippen molar-refractivity contribution in [2.24, 2.45) is 11.3 Å². The SMILES string of the molecule is CC(C)(C)C1CCC(N2CCC2)CC1. The summed E-state index contributed by atoms with van der Waals surface area (Å²) in [5.74, 6) is 0.972. The Kier molecular flexibility index (Phi) is 2.88. The fraction of sp³-hybridized carbons (Fsp3) is 1.00. The zero-order chi connectivity index (χ0) is 10.2. The van der Waals surface area contributed by atoms with Crippen LogP contribution in [0.1, 0.15) is 52.9 Å². The third-order valence-corrected chi connectivity index (χ3v) is 4.33. The minimum absolute atomic E-state index is 0.542. The van der Waals surface area contributed by atoms with Crippen molar-refractivity contribution in [1.29, 1.82) is 0 Å². The molecule has 0 unspecified atom stereocenters. The zero-order valence-electron chi connectivity index (χ0n) is 10.1. The topological polar surface area (TPSA) is 3.24 Å². The second kappa shape index (κ2) is 3.84. The van der Waals surface area contributed by atoms with Gasteiger partial charge in [0, 0.05) is 6.04 Å². The van der Waals surface area contributed by atoms with Crippen LogP contribution in [0.4, 0.5) is 0 Å². The molecular weight excluding hydrogens is 170 g/mol. The van der Waals surface area contributed by atoms with Gasteiger partial charge in [0.15, 0.2) is 0 Å². The summed E-state index contributed by atoms with van der Waals surface area (Å²) in [4.78, 5) is 2.69. The molecule has 1 saturated heterocycles. The third kappa shape index (κ3) is 2.13. The smallest absolute Gasteiger partial charge is 0.00954 e. The van der Waals surface area contributed by atoms with Crippen LogP contribution in [-0.4, -0.2) is 24.0 Å². The van der Waals surface area contributed by atoms with Crippen molar-refractivity contribution < 1.29 is 0 Å². The lowest BCUT2D eigenvalue weighted by atomic mass is 9.71. The van der Waals surface area contributed by atoms with Crippen molar-refractivity contribution in [3.63, 3.8) is 0 Å². The highest BCUT2D eigenvalue weighted by Crippen LogP contribution is 2.39. The van der Waals surface area contributed by atoms with E-state index in [2.05, 4.69) is 25.7 Å². The van der Waals surface area contributed by atoms with Crippen LogP contribution >= 0.6 is 0 Å². The molecule has 0 aromatic rings. The Hall–Kier alpha value is -0.0400. The summed E-state index contributed by atoms with van der Waals surface area (Å²) < 4.78 is 0. The van der Waals surface area contributed by atoms with Crippen molar-refractivity contribution in [3.8, 4) is 0 Å². The van der Waals surface area contributed by atoms with Gasteiger partial charge in [0.05, 0.1) is 0 Å². The lowest BCUT2D eigenvalue weighted by Gasteiger charge is -2.44. The van der Waals surface area contributed by atoms with Crippen molar-refractivity contribution in [1.82, 2.24) is 4.90 Å². The quantitative estimate of drug-likeness (QED) is 0.620. The molecule has 1 heterocycles. The Morgan fingerprint density at radius 1 is 0.929 bits per heavy atom. The van der Waals surface area contributed by atoms with E-state index in [1.54, 1.807) is 0 Å². The largest absolute Gasteiger partial charge is 0.300 e. The highest BCUT2D eigenvalue weighted by Gasteiger charge is 2.33. The van der Waals surface area contributed by atoms with Crippen LogP contribution in [0.25, 0.3) is 0 Å². The predicted octanol–water partition coefficient (Wildman–Crippen LogP) is 3.30. The second-order valence-corrected chi connectivity index (χ2v) is 6.26. The van der Waals surface area contributed by atoms with E-state index in [0.717, 1.165) is 12.0 Å². The summed E-state index contributed by atoms with van der Waals surface area (Å²) in [6, 6.07) is 0.947.